The Hall–Kier alpha value is -2.39. The van der Waals surface area contributed by atoms with Gasteiger partial charge in [0.1, 0.15) is 5.84 Å². The summed E-state index contributed by atoms with van der Waals surface area (Å²) in [5, 5.41) is 0.914. The molecule has 1 aliphatic heterocycles. The molecule has 2 atom stereocenters. The van der Waals surface area contributed by atoms with Gasteiger partial charge in [0, 0.05) is 51.4 Å². The van der Waals surface area contributed by atoms with Crippen LogP contribution in [-0.2, 0) is 6.18 Å². The largest absolute Gasteiger partial charge is 0.416 e. The fourth-order valence-electron chi connectivity index (χ4n) is 5.17. The summed E-state index contributed by atoms with van der Waals surface area (Å²) in [6.07, 6.45) is 2.52. The van der Waals surface area contributed by atoms with E-state index in [1.54, 1.807) is 50.4 Å². The van der Waals surface area contributed by atoms with Gasteiger partial charge in [0.25, 0.3) is 0 Å². The monoisotopic (exact) mass is 503 g/mol. The molecule has 35 heavy (non-hydrogen) atoms. The Labute approximate surface area is 209 Å². The predicted octanol–water partition coefficient (Wildman–Crippen LogP) is 5.40. The second-order valence-electron chi connectivity index (χ2n) is 9.32. The highest BCUT2D eigenvalue weighted by Gasteiger charge is 2.57. The van der Waals surface area contributed by atoms with Gasteiger partial charge in [-0.15, -0.1) is 0 Å². The lowest BCUT2D eigenvalue weighted by Gasteiger charge is -2.22. The van der Waals surface area contributed by atoms with Gasteiger partial charge in [-0.2, -0.15) is 13.2 Å². The molecule has 4 rings (SSSR count). The zero-order valence-electron chi connectivity index (χ0n) is 20.4. The number of aromatic nitrogens is 1. The lowest BCUT2D eigenvalue weighted by atomic mass is 9.97. The van der Waals surface area contributed by atoms with E-state index in [9.17, 15) is 13.2 Å². The van der Waals surface area contributed by atoms with E-state index in [0.29, 0.717) is 5.92 Å². The van der Waals surface area contributed by atoms with Crippen molar-refractivity contribution in [3.8, 4) is 0 Å². The van der Waals surface area contributed by atoms with E-state index in [2.05, 4.69) is 19.9 Å². The molecule has 2 aliphatic rings. The van der Waals surface area contributed by atoms with Gasteiger partial charge in [-0.1, -0.05) is 23.9 Å². The molecule has 9 heteroatoms. The molecule has 2 heterocycles. The summed E-state index contributed by atoms with van der Waals surface area (Å²) in [5.74, 6) is 2.17. The van der Waals surface area contributed by atoms with Gasteiger partial charge in [0.2, 0.25) is 0 Å². The van der Waals surface area contributed by atoms with Crippen molar-refractivity contribution in [3.05, 3.63) is 65.5 Å². The maximum Gasteiger partial charge on any atom is 0.416 e. The first-order chi connectivity index (χ1) is 16.8. The predicted molar refractivity (Wildman–Crippen MR) is 137 cm³/mol. The minimum Gasteiger partial charge on any atom is -0.309 e. The van der Waals surface area contributed by atoms with E-state index in [-0.39, 0.29) is 5.41 Å². The van der Waals surface area contributed by atoms with Gasteiger partial charge >= 0.3 is 6.18 Å². The number of nitrogens with zero attached hydrogens (tertiary/aromatic N) is 5. The lowest BCUT2D eigenvalue weighted by Crippen LogP contribution is -2.32. The van der Waals surface area contributed by atoms with Gasteiger partial charge in [-0.25, -0.2) is 0 Å². The van der Waals surface area contributed by atoms with E-state index in [4.69, 9.17) is 0 Å². The van der Waals surface area contributed by atoms with E-state index in [1.807, 2.05) is 24.1 Å². The van der Waals surface area contributed by atoms with Crippen LogP contribution in [0.2, 0.25) is 0 Å². The molecule has 2 fully saturated rings. The first kappa shape index (κ1) is 25.7. The van der Waals surface area contributed by atoms with E-state index in [0.717, 1.165) is 66.8 Å². The van der Waals surface area contributed by atoms with Crippen LogP contribution in [0.4, 0.5) is 13.2 Å². The molecule has 0 bridgehead atoms. The molecule has 0 N–H and O–H groups in total. The van der Waals surface area contributed by atoms with Crippen molar-refractivity contribution in [3.63, 3.8) is 0 Å². The average molecular weight is 504 g/mol. The first-order valence-electron chi connectivity index (χ1n) is 11.9. The molecule has 1 saturated heterocycles. The normalized spacial score (nSPS) is 23.2. The summed E-state index contributed by atoms with van der Waals surface area (Å²) < 4.78 is 38.6. The SMILES string of the molecule is CN=C(SCCCN1CC[C@]2(C[C@H]2c2ccc(C(F)(F)F)cc2)C1)N(C)C(=NC)c1cccnc1. The number of halogens is 3. The molecular weight excluding hydrogens is 471 g/mol. The van der Waals surface area contributed by atoms with Crippen molar-refractivity contribution in [1.82, 2.24) is 14.8 Å². The van der Waals surface area contributed by atoms with E-state index >= 15 is 0 Å². The third kappa shape index (κ3) is 5.89. The number of alkyl halides is 3. The standard InChI is InChI=1S/C26H32F3N5S/c1-30-23(20-6-4-12-32-17-20)33(3)24(31-2)35-15-5-13-34-14-11-25(18-34)16-22(25)19-7-9-21(10-8-19)26(27,28)29/h4,6-10,12,17,22H,5,11,13-16,18H2,1-3H3/t22-,25-/m0/s1. The number of benzene rings is 1. The van der Waals surface area contributed by atoms with Gasteiger partial charge in [0.15, 0.2) is 5.17 Å². The van der Waals surface area contributed by atoms with Crippen LogP contribution in [0.3, 0.4) is 0 Å². The van der Waals surface area contributed by atoms with Gasteiger partial charge < -0.3 is 9.80 Å². The Morgan fingerprint density at radius 3 is 2.60 bits per heavy atom. The molecule has 1 saturated carbocycles. The molecular formula is C26H32F3N5S. The van der Waals surface area contributed by atoms with Crippen molar-refractivity contribution >= 4 is 22.8 Å². The smallest absolute Gasteiger partial charge is 0.309 e. The van der Waals surface area contributed by atoms with Crippen LogP contribution in [0.15, 0.2) is 58.8 Å². The maximum atomic E-state index is 12.9. The first-order valence-corrected chi connectivity index (χ1v) is 12.9. The second kappa shape index (κ2) is 10.7. The van der Waals surface area contributed by atoms with Crippen molar-refractivity contribution in [1.29, 1.82) is 0 Å². The van der Waals surface area contributed by atoms with Crippen LogP contribution >= 0.6 is 11.8 Å². The lowest BCUT2D eigenvalue weighted by molar-refractivity contribution is -0.137. The van der Waals surface area contributed by atoms with Crippen molar-refractivity contribution < 1.29 is 13.2 Å². The minimum absolute atomic E-state index is 0.249. The average Bonchev–Trinajstić information content (AvgIpc) is 3.40. The summed E-state index contributed by atoms with van der Waals surface area (Å²) in [5.41, 5.74) is 1.68. The van der Waals surface area contributed by atoms with Crippen LogP contribution in [0.25, 0.3) is 0 Å². The Kier molecular flexibility index (Phi) is 7.86. The van der Waals surface area contributed by atoms with Crippen molar-refractivity contribution in [2.24, 2.45) is 15.4 Å². The fraction of sp³-hybridized carbons (Fsp3) is 0.500. The highest BCUT2D eigenvalue weighted by atomic mass is 32.2. The van der Waals surface area contributed by atoms with E-state index in [1.165, 1.54) is 12.1 Å². The van der Waals surface area contributed by atoms with Crippen LogP contribution < -0.4 is 0 Å². The van der Waals surface area contributed by atoms with Gasteiger partial charge in [-0.3, -0.25) is 15.0 Å². The number of likely N-dealkylation sites (tertiary alicyclic amines) is 1. The molecule has 188 valence electrons. The molecule has 1 aliphatic carbocycles. The minimum atomic E-state index is -4.28. The number of amidine groups is 2. The summed E-state index contributed by atoms with van der Waals surface area (Å²) in [6, 6.07) is 9.67. The summed E-state index contributed by atoms with van der Waals surface area (Å²) in [4.78, 5) is 17.6. The van der Waals surface area contributed by atoms with Crippen LogP contribution in [-0.4, -0.2) is 72.3 Å². The fourth-order valence-corrected chi connectivity index (χ4v) is 6.04. The third-order valence-corrected chi connectivity index (χ3v) is 8.28. The molecule has 5 nitrogen and oxygen atoms in total. The molecule has 0 unspecified atom stereocenters. The number of hydrogen-bond donors (Lipinski definition) is 0. The molecule has 1 spiro atoms. The number of thioether (sulfide) groups is 1. The van der Waals surface area contributed by atoms with Gasteiger partial charge in [0.05, 0.1) is 5.56 Å². The third-order valence-electron chi connectivity index (χ3n) is 7.07. The quantitative estimate of drug-likeness (QED) is 0.301. The molecule has 1 aromatic heterocycles. The second-order valence-corrected chi connectivity index (χ2v) is 10.4. The van der Waals surface area contributed by atoms with Crippen molar-refractivity contribution in [2.75, 3.05) is 46.5 Å². The van der Waals surface area contributed by atoms with E-state index < -0.39 is 11.7 Å². The number of rotatable bonds is 6. The van der Waals surface area contributed by atoms with Crippen molar-refractivity contribution in [2.45, 2.75) is 31.4 Å². The zero-order chi connectivity index (χ0) is 25.1. The molecule has 0 amide bonds. The Morgan fingerprint density at radius 1 is 1.20 bits per heavy atom. The summed E-state index contributed by atoms with van der Waals surface area (Å²) in [7, 11) is 5.55. The highest BCUT2D eigenvalue weighted by molar-refractivity contribution is 8.13. The van der Waals surface area contributed by atoms with Gasteiger partial charge in [-0.05, 0) is 73.5 Å². The Bertz CT molecular complexity index is 1050. The summed E-state index contributed by atoms with van der Waals surface area (Å²) >= 11 is 1.72. The van der Waals surface area contributed by atoms with Crippen LogP contribution in [0, 0.1) is 5.41 Å². The van der Waals surface area contributed by atoms with Crippen LogP contribution in [0.1, 0.15) is 41.9 Å². The molecule has 2 aromatic rings. The topological polar surface area (TPSA) is 44.1 Å². The Balaban J connectivity index is 1.23. The highest BCUT2D eigenvalue weighted by Crippen LogP contribution is 2.64. The zero-order valence-corrected chi connectivity index (χ0v) is 21.2. The Morgan fingerprint density at radius 2 is 1.97 bits per heavy atom. The maximum absolute atomic E-state index is 12.9. The number of aliphatic imine (C=N–C) groups is 2. The number of hydrogen-bond acceptors (Lipinski definition) is 5. The van der Waals surface area contributed by atoms with Crippen LogP contribution in [0.5, 0.6) is 0 Å². The molecule has 0 radical (unpaired) electrons. The number of pyridine rings is 1. The summed E-state index contributed by atoms with van der Waals surface area (Å²) in [6.45, 7) is 3.11. The molecule has 1 aromatic carbocycles.